The Bertz CT molecular complexity index is 477. The van der Waals surface area contributed by atoms with E-state index in [9.17, 15) is 4.79 Å². The molecule has 4 nitrogen and oxygen atoms in total. The number of carbonyl (C=O) groups excluding carboxylic acids is 1. The van der Waals surface area contributed by atoms with E-state index in [4.69, 9.17) is 17.3 Å². The summed E-state index contributed by atoms with van der Waals surface area (Å²) in [6, 6.07) is 7.91. The molecule has 1 aliphatic heterocycles. The largest absolute Gasteiger partial charge is 0.368 e. The number of hydrogen-bond acceptors (Lipinski definition) is 3. The lowest BCUT2D eigenvalue weighted by Crippen LogP contribution is -2.48. The van der Waals surface area contributed by atoms with Crippen molar-refractivity contribution in [3.05, 3.63) is 29.3 Å². The van der Waals surface area contributed by atoms with Crippen molar-refractivity contribution >= 4 is 35.6 Å². The number of nitrogens with zero attached hydrogens (tertiary/aromatic N) is 2. The normalized spacial score (nSPS) is 14.5. The summed E-state index contributed by atoms with van der Waals surface area (Å²) in [7, 11) is 0. The second kappa shape index (κ2) is 10.7. The third-order valence-corrected chi connectivity index (χ3v) is 4.39. The van der Waals surface area contributed by atoms with Gasteiger partial charge in [-0.2, -0.15) is 0 Å². The van der Waals surface area contributed by atoms with Crippen LogP contribution in [0.3, 0.4) is 0 Å². The molecule has 0 bridgehead atoms. The molecule has 0 spiro atoms. The fourth-order valence-corrected chi connectivity index (χ4v) is 3.00. The SMILES string of the molecule is Cl.NCCCCCCC(=O)N1CCN(c2cccc(Cl)c2)CC1. The minimum Gasteiger partial charge on any atom is -0.368 e. The van der Waals surface area contributed by atoms with Crippen molar-refractivity contribution in [3.8, 4) is 0 Å². The van der Waals surface area contributed by atoms with Gasteiger partial charge in [0.15, 0.2) is 0 Å². The highest BCUT2D eigenvalue weighted by molar-refractivity contribution is 6.30. The summed E-state index contributed by atoms with van der Waals surface area (Å²) in [5.41, 5.74) is 6.61. The van der Waals surface area contributed by atoms with Gasteiger partial charge >= 0.3 is 0 Å². The fourth-order valence-electron chi connectivity index (χ4n) is 2.82. The summed E-state index contributed by atoms with van der Waals surface area (Å²) in [4.78, 5) is 16.5. The van der Waals surface area contributed by atoms with Crippen LogP contribution >= 0.6 is 24.0 Å². The monoisotopic (exact) mass is 359 g/mol. The molecule has 2 N–H and O–H groups in total. The van der Waals surface area contributed by atoms with Gasteiger partial charge in [0.2, 0.25) is 5.91 Å². The summed E-state index contributed by atoms with van der Waals surface area (Å²) in [5, 5.41) is 0.758. The number of unbranched alkanes of at least 4 members (excludes halogenated alkanes) is 3. The molecule has 0 radical (unpaired) electrons. The molecule has 0 atom stereocenters. The van der Waals surface area contributed by atoms with E-state index in [1.807, 2.05) is 23.1 Å². The molecule has 130 valence electrons. The fraction of sp³-hybridized carbons (Fsp3) is 0.588. The van der Waals surface area contributed by atoms with Crippen LogP contribution in [0.25, 0.3) is 0 Å². The van der Waals surface area contributed by atoms with Crippen molar-refractivity contribution in [2.45, 2.75) is 32.1 Å². The van der Waals surface area contributed by atoms with Gasteiger partial charge in [-0.1, -0.05) is 30.5 Å². The molecule has 1 fully saturated rings. The Labute approximate surface area is 150 Å². The number of carbonyl (C=O) groups is 1. The highest BCUT2D eigenvalue weighted by atomic mass is 35.5. The first-order valence-electron chi connectivity index (χ1n) is 8.19. The van der Waals surface area contributed by atoms with E-state index in [0.29, 0.717) is 12.3 Å². The average molecular weight is 360 g/mol. The van der Waals surface area contributed by atoms with Crippen LogP contribution in [0.5, 0.6) is 0 Å². The number of amides is 1. The molecule has 6 heteroatoms. The van der Waals surface area contributed by atoms with Crippen LogP contribution in [0.4, 0.5) is 5.69 Å². The second-order valence-corrected chi connectivity index (χ2v) is 6.24. The molecule has 1 heterocycles. The predicted molar refractivity (Wildman–Crippen MR) is 99.6 cm³/mol. The predicted octanol–water partition coefficient (Wildman–Crippen LogP) is 3.32. The maximum absolute atomic E-state index is 12.2. The van der Waals surface area contributed by atoms with E-state index in [1.165, 1.54) is 0 Å². The third kappa shape index (κ3) is 6.58. The highest BCUT2D eigenvalue weighted by Gasteiger charge is 2.20. The van der Waals surface area contributed by atoms with Gasteiger partial charge in [0.05, 0.1) is 0 Å². The van der Waals surface area contributed by atoms with Crippen molar-refractivity contribution in [1.29, 1.82) is 0 Å². The van der Waals surface area contributed by atoms with Crippen molar-refractivity contribution in [2.24, 2.45) is 5.73 Å². The minimum absolute atomic E-state index is 0. The quantitative estimate of drug-likeness (QED) is 0.759. The average Bonchev–Trinajstić information content (AvgIpc) is 2.54. The van der Waals surface area contributed by atoms with Crippen LogP contribution in [-0.2, 0) is 4.79 Å². The standard InChI is InChI=1S/C17H26ClN3O.ClH/c18-15-6-5-7-16(14-15)20-10-12-21(13-11-20)17(22)8-3-1-2-4-9-19;/h5-7,14H,1-4,8-13,19H2;1H. The minimum atomic E-state index is 0. The third-order valence-electron chi connectivity index (χ3n) is 4.15. The van der Waals surface area contributed by atoms with Gasteiger partial charge in [-0.25, -0.2) is 0 Å². The number of halogens is 2. The molecule has 1 aliphatic rings. The molecule has 23 heavy (non-hydrogen) atoms. The van der Waals surface area contributed by atoms with Gasteiger partial charge in [-0.3, -0.25) is 4.79 Å². The number of rotatable bonds is 7. The van der Waals surface area contributed by atoms with E-state index in [0.717, 1.165) is 69.1 Å². The van der Waals surface area contributed by atoms with Crippen LogP contribution in [0.2, 0.25) is 5.02 Å². The van der Waals surface area contributed by atoms with Crippen molar-refractivity contribution in [2.75, 3.05) is 37.6 Å². The van der Waals surface area contributed by atoms with Crippen LogP contribution < -0.4 is 10.6 Å². The second-order valence-electron chi connectivity index (χ2n) is 5.80. The number of nitrogens with two attached hydrogens (primary N) is 1. The molecule has 0 aromatic heterocycles. The molecule has 0 aliphatic carbocycles. The summed E-state index contributed by atoms with van der Waals surface area (Å²) in [6.45, 7) is 4.10. The molecule has 1 amide bonds. The van der Waals surface area contributed by atoms with E-state index in [1.54, 1.807) is 0 Å². The van der Waals surface area contributed by atoms with Gasteiger partial charge in [-0.05, 0) is 37.6 Å². The number of anilines is 1. The summed E-state index contributed by atoms with van der Waals surface area (Å²) in [6.07, 6.45) is 4.94. The molecule has 1 aromatic carbocycles. The van der Waals surface area contributed by atoms with Gasteiger partial charge in [0.1, 0.15) is 0 Å². The Morgan fingerprint density at radius 3 is 2.43 bits per heavy atom. The Balaban J connectivity index is 0.00000264. The van der Waals surface area contributed by atoms with Crippen molar-refractivity contribution in [3.63, 3.8) is 0 Å². The Morgan fingerprint density at radius 1 is 1.09 bits per heavy atom. The highest BCUT2D eigenvalue weighted by Crippen LogP contribution is 2.21. The lowest BCUT2D eigenvalue weighted by molar-refractivity contribution is -0.131. The Kier molecular flexibility index (Phi) is 9.37. The van der Waals surface area contributed by atoms with Crippen molar-refractivity contribution < 1.29 is 4.79 Å². The number of piperazine rings is 1. The topological polar surface area (TPSA) is 49.6 Å². The zero-order valence-electron chi connectivity index (χ0n) is 13.5. The maximum Gasteiger partial charge on any atom is 0.222 e. The zero-order valence-corrected chi connectivity index (χ0v) is 15.1. The molecule has 1 aromatic rings. The molecular formula is C17H27Cl2N3O. The Morgan fingerprint density at radius 2 is 1.78 bits per heavy atom. The van der Waals surface area contributed by atoms with E-state index in [-0.39, 0.29) is 12.4 Å². The van der Waals surface area contributed by atoms with Crippen LogP contribution in [-0.4, -0.2) is 43.5 Å². The number of benzene rings is 1. The van der Waals surface area contributed by atoms with E-state index in [2.05, 4.69) is 11.0 Å². The van der Waals surface area contributed by atoms with E-state index < -0.39 is 0 Å². The number of hydrogen-bond donors (Lipinski definition) is 1. The summed E-state index contributed by atoms with van der Waals surface area (Å²) >= 11 is 6.04. The lowest BCUT2D eigenvalue weighted by atomic mass is 10.1. The van der Waals surface area contributed by atoms with Gasteiger partial charge in [0.25, 0.3) is 0 Å². The first-order valence-corrected chi connectivity index (χ1v) is 8.57. The summed E-state index contributed by atoms with van der Waals surface area (Å²) in [5.74, 6) is 0.290. The lowest BCUT2D eigenvalue weighted by Gasteiger charge is -2.36. The molecule has 2 rings (SSSR count). The molecular weight excluding hydrogens is 333 g/mol. The zero-order chi connectivity index (χ0) is 15.8. The summed E-state index contributed by atoms with van der Waals surface area (Å²) < 4.78 is 0. The molecule has 0 saturated carbocycles. The molecule has 0 unspecified atom stereocenters. The van der Waals surface area contributed by atoms with Crippen LogP contribution in [0.15, 0.2) is 24.3 Å². The smallest absolute Gasteiger partial charge is 0.222 e. The van der Waals surface area contributed by atoms with E-state index >= 15 is 0 Å². The van der Waals surface area contributed by atoms with Crippen LogP contribution in [0, 0.1) is 0 Å². The maximum atomic E-state index is 12.2. The molecule has 1 saturated heterocycles. The van der Waals surface area contributed by atoms with Crippen molar-refractivity contribution in [1.82, 2.24) is 4.90 Å². The van der Waals surface area contributed by atoms with Gasteiger partial charge in [0, 0.05) is 43.3 Å². The first kappa shape index (κ1) is 20.1. The Hall–Kier alpha value is -0.970. The van der Waals surface area contributed by atoms with Crippen LogP contribution in [0.1, 0.15) is 32.1 Å². The van der Waals surface area contributed by atoms with Gasteiger partial charge in [-0.15, -0.1) is 12.4 Å². The first-order chi connectivity index (χ1) is 10.7. The van der Waals surface area contributed by atoms with Gasteiger partial charge < -0.3 is 15.5 Å².